The minimum absolute atomic E-state index is 0.0785. The number of hydrogen-bond donors (Lipinski definition) is 1. The number of amides is 1. The van der Waals surface area contributed by atoms with Gasteiger partial charge in [0.2, 0.25) is 6.10 Å². The molecule has 5 nitrogen and oxygen atoms in total. The van der Waals surface area contributed by atoms with Crippen LogP contribution < -0.4 is 5.32 Å². The van der Waals surface area contributed by atoms with E-state index in [4.69, 9.17) is 9.57 Å². The Morgan fingerprint density at radius 1 is 1.00 bits per heavy atom. The molecule has 1 amide bonds. The van der Waals surface area contributed by atoms with Gasteiger partial charge in [-0.25, -0.2) is 0 Å². The molecule has 152 valence electrons. The van der Waals surface area contributed by atoms with E-state index in [1.807, 2.05) is 24.3 Å². The van der Waals surface area contributed by atoms with Crippen LogP contribution in [-0.2, 0) is 26.2 Å². The smallest absolute Gasteiger partial charge is 0.264 e. The summed E-state index contributed by atoms with van der Waals surface area (Å²) in [4.78, 5) is 18.2. The summed E-state index contributed by atoms with van der Waals surface area (Å²) in [6.45, 7) is 2.04. The van der Waals surface area contributed by atoms with Crippen LogP contribution >= 0.6 is 0 Å². The first-order valence-electron chi connectivity index (χ1n) is 10.4. The molecule has 0 bridgehead atoms. The minimum Gasteiger partial charge on any atom is -0.382 e. The summed E-state index contributed by atoms with van der Waals surface area (Å²) in [6, 6.07) is 20.7. The predicted molar refractivity (Wildman–Crippen MR) is 113 cm³/mol. The van der Waals surface area contributed by atoms with E-state index >= 15 is 0 Å². The summed E-state index contributed by atoms with van der Waals surface area (Å²) >= 11 is 0. The highest BCUT2D eigenvalue weighted by Crippen LogP contribution is 2.34. The van der Waals surface area contributed by atoms with Crippen molar-refractivity contribution in [2.45, 2.75) is 43.6 Å². The molecule has 0 saturated carbocycles. The number of ether oxygens (including phenoxy) is 1. The molecule has 2 aliphatic rings. The number of nitrogens with zero attached hydrogens (tertiary/aromatic N) is 1. The van der Waals surface area contributed by atoms with Crippen molar-refractivity contribution in [2.24, 2.45) is 5.16 Å². The molecule has 5 heteroatoms. The lowest BCUT2D eigenvalue weighted by Gasteiger charge is -2.38. The van der Waals surface area contributed by atoms with E-state index in [2.05, 4.69) is 46.9 Å². The predicted octanol–water partition coefficient (Wildman–Crippen LogP) is 3.63. The van der Waals surface area contributed by atoms with Gasteiger partial charge >= 0.3 is 0 Å². The second-order valence-electron chi connectivity index (χ2n) is 7.92. The highest BCUT2D eigenvalue weighted by Gasteiger charge is 2.36. The van der Waals surface area contributed by atoms with E-state index in [9.17, 15) is 4.79 Å². The molecule has 2 aliphatic heterocycles. The normalized spacial score (nSPS) is 20.6. The molecule has 0 spiro atoms. The van der Waals surface area contributed by atoms with Gasteiger partial charge in [0.15, 0.2) is 0 Å². The lowest BCUT2D eigenvalue weighted by atomic mass is 9.74. The van der Waals surface area contributed by atoms with Crippen LogP contribution in [0.4, 0.5) is 0 Å². The lowest BCUT2D eigenvalue weighted by molar-refractivity contribution is -0.131. The number of nitrogens with one attached hydrogen (secondary N) is 1. The van der Waals surface area contributed by atoms with E-state index in [1.165, 1.54) is 11.1 Å². The number of benzene rings is 2. The highest BCUT2D eigenvalue weighted by atomic mass is 16.6. The Kier molecular flexibility index (Phi) is 6.25. The van der Waals surface area contributed by atoms with Crippen LogP contribution in [0, 0.1) is 0 Å². The van der Waals surface area contributed by atoms with Gasteiger partial charge in [0.1, 0.15) is 0 Å². The number of carbonyl (C=O) groups excluding carboxylic acids is 1. The number of aryl methyl sites for hydroxylation is 1. The van der Waals surface area contributed by atoms with Crippen molar-refractivity contribution in [3.63, 3.8) is 0 Å². The van der Waals surface area contributed by atoms with Gasteiger partial charge in [-0.05, 0) is 36.8 Å². The number of hydrogen-bond acceptors (Lipinski definition) is 4. The Labute approximate surface area is 172 Å². The summed E-state index contributed by atoms with van der Waals surface area (Å²) in [5.74, 6) is -0.0785. The monoisotopic (exact) mass is 392 g/mol. The average molecular weight is 392 g/mol. The topological polar surface area (TPSA) is 59.9 Å². The van der Waals surface area contributed by atoms with Crippen LogP contribution in [0.1, 0.15) is 36.8 Å². The van der Waals surface area contributed by atoms with Gasteiger partial charge in [0.05, 0.1) is 5.71 Å². The van der Waals surface area contributed by atoms with E-state index in [0.717, 1.165) is 44.6 Å². The van der Waals surface area contributed by atoms with Crippen molar-refractivity contribution in [3.05, 3.63) is 71.8 Å². The Morgan fingerprint density at radius 3 is 2.41 bits per heavy atom. The van der Waals surface area contributed by atoms with Crippen molar-refractivity contribution < 1.29 is 14.4 Å². The van der Waals surface area contributed by atoms with Crippen molar-refractivity contribution in [2.75, 3.05) is 19.8 Å². The number of oxime groups is 1. The van der Waals surface area contributed by atoms with Crippen molar-refractivity contribution in [1.29, 1.82) is 0 Å². The molecular formula is C24H28N2O3. The maximum atomic E-state index is 12.7. The van der Waals surface area contributed by atoms with Crippen LogP contribution in [0.2, 0.25) is 0 Å². The summed E-state index contributed by atoms with van der Waals surface area (Å²) < 4.78 is 5.57. The second-order valence-corrected chi connectivity index (χ2v) is 7.92. The molecule has 2 aromatic rings. The van der Waals surface area contributed by atoms with Crippen LogP contribution in [0.3, 0.4) is 0 Å². The van der Waals surface area contributed by atoms with Gasteiger partial charge in [0.25, 0.3) is 5.91 Å². The molecule has 2 heterocycles. The summed E-state index contributed by atoms with van der Waals surface area (Å²) in [5.41, 5.74) is 3.41. The molecule has 2 aromatic carbocycles. The third-order valence-corrected chi connectivity index (χ3v) is 6.00. The molecule has 0 radical (unpaired) electrons. The van der Waals surface area contributed by atoms with Gasteiger partial charge in [-0.3, -0.25) is 4.79 Å². The Balaban J connectivity index is 1.30. The molecule has 1 N–H and O–H groups in total. The third kappa shape index (κ3) is 4.85. The number of rotatable bonds is 7. The first kappa shape index (κ1) is 19.6. The Bertz CT molecular complexity index is 830. The van der Waals surface area contributed by atoms with E-state index in [0.29, 0.717) is 13.0 Å². The van der Waals surface area contributed by atoms with Gasteiger partial charge in [-0.1, -0.05) is 65.8 Å². The minimum atomic E-state index is -0.520. The van der Waals surface area contributed by atoms with Gasteiger partial charge < -0.3 is 14.9 Å². The highest BCUT2D eigenvalue weighted by molar-refractivity contribution is 5.93. The summed E-state index contributed by atoms with van der Waals surface area (Å²) in [5, 5.41) is 7.29. The Morgan fingerprint density at radius 2 is 1.69 bits per heavy atom. The van der Waals surface area contributed by atoms with Gasteiger partial charge in [-0.2, -0.15) is 0 Å². The Hall–Kier alpha value is -2.66. The van der Waals surface area contributed by atoms with Crippen molar-refractivity contribution in [3.8, 4) is 0 Å². The molecule has 1 atom stereocenters. The standard InChI is InChI=1S/C24H28N2O3/c27-23(22-17-21(26-29-22)12-11-19-7-3-1-4-8-19)25-18-24(13-15-28-16-14-24)20-9-5-2-6-10-20/h1-10,22H,11-18H2,(H,25,27)/t22-/m0/s1. The molecule has 0 aliphatic carbocycles. The fourth-order valence-electron chi connectivity index (χ4n) is 4.14. The molecule has 1 saturated heterocycles. The SMILES string of the molecule is O=C(NCC1(c2ccccc2)CCOCC1)[C@@H]1CC(CCc2ccccc2)=NO1. The third-order valence-electron chi connectivity index (χ3n) is 6.00. The molecule has 1 fully saturated rings. The van der Waals surface area contributed by atoms with E-state index < -0.39 is 6.10 Å². The maximum absolute atomic E-state index is 12.7. The first-order chi connectivity index (χ1) is 14.3. The van der Waals surface area contributed by atoms with E-state index in [1.54, 1.807) is 0 Å². The average Bonchev–Trinajstić information content (AvgIpc) is 3.27. The largest absolute Gasteiger partial charge is 0.382 e. The van der Waals surface area contributed by atoms with Crippen molar-refractivity contribution in [1.82, 2.24) is 5.32 Å². The maximum Gasteiger partial charge on any atom is 0.264 e. The van der Waals surface area contributed by atoms with Crippen LogP contribution in [0.5, 0.6) is 0 Å². The zero-order valence-electron chi connectivity index (χ0n) is 16.7. The second kappa shape index (κ2) is 9.23. The van der Waals surface area contributed by atoms with Crippen LogP contribution in [-0.4, -0.2) is 37.5 Å². The first-order valence-corrected chi connectivity index (χ1v) is 10.4. The fourth-order valence-corrected chi connectivity index (χ4v) is 4.14. The van der Waals surface area contributed by atoms with Crippen LogP contribution in [0.25, 0.3) is 0 Å². The lowest BCUT2D eigenvalue weighted by Crippen LogP contribution is -2.47. The summed E-state index contributed by atoms with van der Waals surface area (Å²) in [7, 11) is 0. The molecule has 0 unspecified atom stereocenters. The summed E-state index contributed by atoms with van der Waals surface area (Å²) in [6.07, 6.45) is 3.59. The fraction of sp³-hybridized carbons (Fsp3) is 0.417. The van der Waals surface area contributed by atoms with Crippen LogP contribution in [0.15, 0.2) is 65.8 Å². The quantitative estimate of drug-likeness (QED) is 0.783. The van der Waals surface area contributed by atoms with Gasteiger partial charge in [-0.15, -0.1) is 0 Å². The zero-order valence-corrected chi connectivity index (χ0v) is 16.7. The molecule has 0 aromatic heterocycles. The molecular weight excluding hydrogens is 364 g/mol. The van der Waals surface area contributed by atoms with Gasteiger partial charge in [0, 0.05) is 31.6 Å². The van der Waals surface area contributed by atoms with Crippen molar-refractivity contribution >= 4 is 11.6 Å². The number of carbonyl (C=O) groups is 1. The zero-order chi connectivity index (χ0) is 19.9. The molecule has 29 heavy (non-hydrogen) atoms. The van der Waals surface area contributed by atoms with E-state index in [-0.39, 0.29) is 11.3 Å². The molecule has 4 rings (SSSR count).